The van der Waals surface area contributed by atoms with Crippen LogP contribution in [0.15, 0.2) is 35.7 Å². The number of benzene rings is 1. The van der Waals surface area contributed by atoms with Crippen LogP contribution in [0, 0.1) is 5.82 Å². The summed E-state index contributed by atoms with van der Waals surface area (Å²) in [6.45, 7) is 2.00. The lowest BCUT2D eigenvalue weighted by Crippen LogP contribution is -2.09. The van der Waals surface area contributed by atoms with Gasteiger partial charge >= 0.3 is 0 Å². The molecule has 2 heterocycles. The Bertz CT molecular complexity index is 688. The summed E-state index contributed by atoms with van der Waals surface area (Å²) in [6, 6.07) is 8.81. The molecule has 0 amide bonds. The molecule has 0 bridgehead atoms. The van der Waals surface area contributed by atoms with Crippen LogP contribution in [0.5, 0.6) is 0 Å². The highest BCUT2D eigenvalue weighted by molar-refractivity contribution is 7.10. The zero-order valence-corrected chi connectivity index (χ0v) is 10.6. The second-order valence-electron chi connectivity index (χ2n) is 4.14. The second kappa shape index (κ2) is 4.10. The molecule has 0 saturated heterocycles. The van der Waals surface area contributed by atoms with Gasteiger partial charge in [0.15, 0.2) is 0 Å². The van der Waals surface area contributed by atoms with Crippen LogP contribution in [0.1, 0.15) is 17.8 Å². The van der Waals surface area contributed by atoms with Gasteiger partial charge in [-0.2, -0.15) is 0 Å². The number of aromatic nitrogens is 2. The highest BCUT2D eigenvalue weighted by atomic mass is 32.1. The Hall–Kier alpha value is -1.88. The zero-order valence-electron chi connectivity index (χ0n) is 9.80. The van der Waals surface area contributed by atoms with Crippen molar-refractivity contribution in [3.05, 3.63) is 46.4 Å². The monoisotopic (exact) mass is 261 g/mol. The Morgan fingerprint density at radius 3 is 2.89 bits per heavy atom. The van der Waals surface area contributed by atoms with E-state index >= 15 is 0 Å². The van der Waals surface area contributed by atoms with Crippen LogP contribution in [0.25, 0.3) is 11.0 Å². The number of thiophene rings is 1. The molecule has 0 aliphatic rings. The van der Waals surface area contributed by atoms with E-state index in [1.165, 1.54) is 6.07 Å². The molecular weight excluding hydrogens is 249 g/mol. The van der Waals surface area contributed by atoms with Gasteiger partial charge in [0.1, 0.15) is 11.3 Å². The lowest BCUT2D eigenvalue weighted by atomic mass is 10.2. The average Bonchev–Trinajstić information content (AvgIpc) is 2.95. The van der Waals surface area contributed by atoms with Gasteiger partial charge in [0, 0.05) is 4.88 Å². The molecule has 1 unspecified atom stereocenters. The minimum atomic E-state index is -0.292. The molecule has 0 spiro atoms. The summed E-state index contributed by atoms with van der Waals surface area (Å²) in [5.74, 6) is 0.0520. The molecule has 92 valence electrons. The maximum absolute atomic E-state index is 13.9. The number of imidazole rings is 1. The summed E-state index contributed by atoms with van der Waals surface area (Å²) in [5, 5.41) is 2.00. The first-order chi connectivity index (χ1) is 8.68. The van der Waals surface area contributed by atoms with Gasteiger partial charge < -0.3 is 5.73 Å². The van der Waals surface area contributed by atoms with Gasteiger partial charge in [-0.05, 0) is 30.5 Å². The lowest BCUT2D eigenvalue weighted by Gasteiger charge is -2.14. The third-order valence-electron chi connectivity index (χ3n) is 3.03. The molecule has 1 atom stereocenters. The van der Waals surface area contributed by atoms with Crippen LogP contribution in [0.3, 0.4) is 0 Å². The van der Waals surface area contributed by atoms with Gasteiger partial charge in [-0.1, -0.05) is 12.1 Å². The van der Waals surface area contributed by atoms with E-state index in [1.54, 1.807) is 28.0 Å². The van der Waals surface area contributed by atoms with Crippen molar-refractivity contribution >= 4 is 28.3 Å². The van der Waals surface area contributed by atoms with Crippen molar-refractivity contribution < 1.29 is 4.39 Å². The van der Waals surface area contributed by atoms with E-state index in [-0.39, 0.29) is 11.9 Å². The number of para-hydroxylation sites is 1. The van der Waals surface area contributed by atoms with Crippen LogP contribution in [0.2, 0.25) is 0 Å². The Labute approximate surface area is 108 Å². The van der Waals surface area contributed by atoms with E-state index in [2.05, 4.69) is 4.98 Å². The SMILES string of the molecule is CC(c1cccs1)n1c(N)nc2cccc(F)c21. The van der Waals surface area contributed by atoms with Gasteiger partial charge in [-0.25, -0.2) is 9.37 Å². The summed E-state index contributed by atoms with van der Waals surface area (Å²) in [5.41, 5.74) is 6.98. The first kappa shape index (κ1) is 11.2. The molecule has 0 radical (unpaired) electrons. The fourth-order valence-electron chi connectivity index (χ4n) is 2.17. The van der Waals surface area contributed by atoms with Crippen molar-refractivity contribution in [2.24, 2.45) is 0 Å². The number of rotatable bonds is 2. The van der Waals surface area contributed by atoms with E-state index in [0.29, 0.717) is 17.0 Å². The van der Waals surface area contributed by atoms with Crippen LogP contribution in [0.4, 0.5) is 10.3 Å². The molecule has 3 aromatic rings. The van der Waals surface area contributed by atoms with Crippen molar-refractivity contribution in [3.63, 3.8) is 0 Å². The highest BCUT2D eigenvalue weighted by Gasteiger charge is 2.18. The standard InChI is InChI=1S/C13H12FN3S/c1-8(11-6-3-7-18-11)17-12-9(14)4-2-5-10(12)16-13(17)15/h2-8H,1H3,(H2,15,16). The Balaban J connectivity index is 2.25. The average molecular weight is 261 g/mol. The second-order valence-corrected chi connectivity index (χ2v) is 5.12. The van der Waals surface area contributed by atoms with E-state index in [0.717, 1.165) is 4.88 Å². The van der Waals surface area contributed by atoms with Crippen LogP contribution in [-0.2, 0) is 0 Å². The number of halogens is 1. The summed E-state index contributed by atoms with van der Waals surface area (Å²) in [4.78, 5) is 5.34. The maximum atomic E-state index is 13.9. The van der Waals surface area contributed by atoms with Crippen molar-refractivity contribution in [1.82, 2.24) is 9.55 Å². The molecular formula is C13H12FN3S. The summed E-state index contributed by atoms with van der Waals surface area (Å²) in [6.07, 6.45) is 0. The van der Waals surface area contributed by atoms with E-state index in [1.807, 2.05) is 24.4 Å². The van der Waals surface area contributed by atoms with Gasteiger partial charge in [-0.3, -0.25) is 4.57 Å². The van der Waals surface area contributed by atoms with Crippen molar-refractivity contribution in [2.45, 2.75) is 13.0 Å². The molecule has 0 aliphatic carbocycles. The molecule has 2 N–H and O–H groups in total. The summed E-state index contributed by atoms with van der Waals surface area (Å²) in [7, 11) is 0. The zero-order chi connectivity index (χ0) is 12.7. The van der Waals surface area contributed by atoms with E-state index in [4.69, 9.17) is 5.73 Å². The van der Waals surface area contributed by atoms with Gasteiger partial charge in [0.25, 0.3) is 0 Å². The third kappa shape index (κ3) is 1.59. The minimum Gasteiger partial charge on any atom is -0.369 e. The van der Waals surface area contributed by atoms with Crippen LogP contribution in [-0.4, -0.2) is 9.55 Å². The summed E-state index contributed by atoms with van der Waals surface area (Å²) < 4.78 is 15.7. The minimum absolute atomic E-state index is 0.0214. The number of nitrogens with zero attached hydrogens (tertiary/aromatic N) is 2. The number of anilines is 1. The van der Waals surface area contributed by atoms with Gasteiger partial charge in [0.2, 0.25) is 5.95 Å². The lowest BCUT2D eigenvalue weighted by molar-refractivity contribution is 0.612. The normalized spacial score (nSPS) is 13.0. The van der Waals surface area contributed by atoms with Crippen LogP contribution >= 0.6 is 11.3 Å². The molecule has 18 heavy (non-hydrogen) atoms. The smallest absolute Gasteiger partial charge is 0.201 e. The van der Waals surface area contributed by atoms with Crippen molar-refractivity contribution in [1.29, 1.82) is 0 Å². The van der Waals surface area contributed by atoms with Gasteiger partial charge in [0.05, 0.1) is 11.6 Å². The molecule has 2 aromatic heterocycles. The third-order valence-corrected chi connectivity index (χ3v) is 4.07. The fraction of sp³-hybridized carbons (Fsp3) is 0.154. The molecule has 0 saturated carbocycles. The molecule has 5 heteroatoms. The predicted octanol–water partition coefficient (Wildman–Crippen LogP) is 3.43. The molecule has 3 rings (SSSR count). The Kier molecular flexibility index (Phi) is 2.56. The van der Waals surface area contributed by atoms with Crippen molar-refractivity contribution in [3.8, 4) is 0 Å². The number of nitrogens with two attached hydrogens (primary N) is 1. The first-order valence-corrected chi connectivity index (χ1v) is 6.52. The van der Waals surface area contributed by atoms with E-state index < -0.39 is 0 Å². The number of hydrogen-bond donors (Lipinski definition) is 1. The highest BCUT2D eigenvalue weighted by Crippen LogP contribution is 2.30. The number of nitrogen functional groups attached to an aromatic ring is 1. The quantitative estimate of drug-likeness (QED) is 0.768. The van der Waals surface area contributed by atoms with Crippen molar-refractivity contribution in [2.75, 3.05) is 5.73 Å². The topological polar surface area (TPSA) is 43.8 Å². The first-order valence-electron chi connectivity index (χ1n) is 5.64. The number of fused-ring (bicyclic) bond motifs is 1. The van der Waals surface area contributed by atoms with E-state index in [9.17, 15) is 4.39 Å². The van der Waals surface area contributed by atoms with Gasteiger partial charge in [-0.15, -0.1) is 11.3 Å². The number of hydrogen-bond acceptors (Lipinski definition) is 3. The Morgan fingerprint density at radius 2 is 2.17 bits per heavy atom. The molecule has 3 nitrogen and oxygen atoms in total. The Morgan fingerprint density at radius 1 is 1.33 bits per heavy atom. The largest absolute Gasteiger partial charge is 0.369 e. The fourth-order valence-corrected chi connectivity index (χ4v) is 2.95. The molecule has 0 fully saturated rings. The maximum Gasteiger partial charge on any atom is 0.201 e. The predicted molar refractivity (Wildman–Crippen MR) is 72.2 cm³/mol. The van der Waals surface area contributed by atoms with Crippen LogP contribution < -0.4 is 5.73 Å². The summed E-state index contributed by atoms with van der Waals surface area (Å²) >= 11 is 1.63. The molecule has 0 aliphatic heterocycles. The molecule has 1 aromatic carbocycles.